The summed E-state index contributed by atoms with van der Waals surface area (Å²) in [5, 5.41) is 9.75. The fourth-order valence-corrected chi connectivity index (χ4v) is 8.03. The summed E-state index contributed by atoms with van der Waals surface area (Å²) in [6.07, 6.45) is 0. The molecule has 0 radical (unpaired) electrons. The highest BCUT2D eigenvalue weighted by Gasteiger charge is 2.17. The Morgan fingerprint density at radius 3 is 1.73 bits per heavy atom. The molecule has 0 saturated carbocycles. The maximum atomic E-state index is 6.16. The van der Waals surface area contributed by atoms with Gasteiger partial charge in [0.1, 0.15) is 11.2 Å². The van der Waals surface area contributed by atoms with Gasteiger partial charge in [-0.25, -0.2) is 0 Å². The number of benzene rings is 8. The summed E-state index contributed by atoms with van der Waals surface area (Å²) < 4.78 is 11.0. The van der Waals surface area contributed by atoms with E-state index in [1.807, 2.05) is 12.1 Å². The van der Waals surface area contributed by atoms with Gasteiger partial charge in [-0.2, -0.15) is 0 Å². The zero-order valence-electron chi connectivity index (χ0n) is 26.5. The molecule has 0 atom stereocenters. The molecule has 0 unspecified atom stereocenters. The quantitative estimate of drug-likeness (QED) is 0.192. The number of fused-ring (bicyclic) bond motifs is 10. The second-order valence-electron chi connectivity index (χ2n) is 13.0. The van der Waals surface area contributed by atoms with Crippen LogP contribution in [0.2, 0.25) is 0 Å². The van der Waals surface area contributed by atoms with Crippen molar-refractivity contribution in [2.45, 2.75) is 0 Å². The van der Waals surface area contributed by atoms with Crippen molar-refractivity contribution in [3.8, 4) is 22.5 Å². The van der Waals surface area contributed by atoms with Gasteiger partial charge in [-0.1, -0.05) is 103 Å². The third kappa shape index (κ3) is 3.84. The summed E-state index contributed by atoms with van der Waals surface area (Å²) in [7, 11) is 0. The van der Waals surface area contributed by atoms with Gasteiger partial charge in [0.05, 0.1) is 22.1 Å². The van der Waals surface area contributed by atoms with Crippen LogP contribution in [0, 0.1) is 0 Å². The number of rotatable bonds is 3. The largest absolute Gasteiger partial charge is 0.456 e. The molecule has 3 aromatic heterocycles. The molecule has 0 N–H and O–H groups in total. The Balaban J connectivity index is 1.12. The average Bonchev–Trinajstić information content (AvgIpc) is 3.81. The van der Waals surface area contributed by atoms with E-state index in [-0.39, 0.29) is 0 Å². The van der Waals surface area contributed by atoms with Gasteiger partial charge >= 0.3 is 0 Å². The van der Waals surface area contributed by atoms with E-state index < -0.39 is 0 Å². The van der Waals surface area contributed by atoms with Crippen LogP contribution in [-0.4, -0.2) is 9.13 Å². The van der Waals surface area contributed by atoms with E-state index in [1.54, 1.807) is 0 Å². The fourth-order valence-electron chi connectivity index (χ4n) is 8.03. The molecule has 8 aromatic carbocycles. The molecule has 0 aliphatic carbocycles. The molecule has 3 heterocycles. The lowest BCUT2D eigenvalue weighted by atomic mass is 10.0. The predicted octanol–water partition coefficient (Wildman–Crippen LogP) is 12.6. The van der Waals surface area contributed by atoms with Crippen molar-refractivity contribution in [2.24, 2.45) is 0 Å². The topological polar surface area (TPSA) is 23.0 Å². The first-order valence-electron chi connectivity index (χ1n) is 16.8. The van der Waals surface area contributed by atoms with Gasteiger partial charge in [0.25, 0.3) is 0 Å². The Morgan fingerprint density at radius 2 is 0.878 bits per heavy atom. The van der Waals surface area contributed by atoms with Crippen molar-refractivity contribution < 1.29 is 4.42 Å². The van der Waals surface area contributed by atoms with Crippen molar-refractivity contribution in [3.05, 3.63) is 170 Å². The molecule has 49 heavy (non-hydrogen) atoms. The third-order valence-electron chi connectivity index (χ3n) is 10.3. The van der Waals surface area contributed by atoms with Crippen molar-refractivity contribution in [1.29, 1.82) is 0 Å². The molecule has 0 fully saturated rings. The first-order valence-corrected chi connectivity index (χ1v) is 16.8. The molecule has 0 bridgehead atoms. The maximum absolute atomic E-state index is 6.16. The predicted molar refractivity (Wildman–Crippen MR) is 205 cm³/mol. The standard InChI is InChI=1S/C46H28N2O/c1-2-10-30-25-33(20-17-29(30)9-1)48-41-14-6-3-11-35(41)37-22-18-32(27-44(37)48)31-19-23-43-39(26-31)36-12-4-7-15-42(36)47(43)34-21-24-46-40(28-34)38-13-5-8-16-45(38)49-46/h1-28H. The monoisotopic (exact) mass is 624 g/mol. The van der Waals surface area contributed by atoms with Gasteiger partial charge in [-0.05, 0) is 88.6 Å². The van der Waals surface area contributed by atoms with Crippen LogP contribution in [0.4, 0.5) is 0 Å². The zero-order chi connectivity index (χ0) is 32.1. The molecule has 0 amide bonds. The lowest BCUT2D eigenvalue weighted by Gasteiger charge is -2.11. The Morgan fingerprint density at radius 1 is 0.306 bits per heavy atom. The molecule has 0 aliphatic heterocycles. The van der Waals surface area contributed by atoms with E-state index in [0.717, 1.165) is 27.6 Å². The van der Waals surface area contributed by atoms with Crippen LogP contribution >= 0.6 is 0 Å². The van der Waals surface area contributed by atoms with Gasteiger partial charge in [0, 0.05) is 43.7 Å². The highest BCUT2D eigenvalue weighted by molar-refractivity contribution is 6.13. The minimum atomic E-state index is 0.907. The van der Waals surface area contributed by atoms with E-state index in [4.69, 9.17) is 4.42 Å². The van der Waals surface area contributed by atoms with Crippen LogP contribution in [0.5, 0.6) is 0 Å². The smallest absolute Gasteiger partial charge is 0.135 e. The van der Waals surface area contributed by atoms with Crippen LogP contribution in [-0.2, 0) is 0 Å². The first kappa shape index (κ1) is 26.5. The van der Waals surface area contributed by atoms with Crippen LogP contribution < -0.4 is 0 Å². The number of nitrogens with zero attached hydrogens (tertiary/aromatic N) is 2. The van der Waals surface area contributed by atoms with Crippen LogP contribution in [0.15, 0.2) is 174 Å². The molecule has 228 valence electrons. The number of hydrogen-bond donors (Lipinski definition) is 0. The molecular formula is C46H28N2O. The second kappa shape index (κ2) is 9.96. The van der Waals surface area contributed by atoms with Crippen molar-refractivity contribution >= 4 is 76.3 Å². The van der Waals surface area contributed by atoms with E-state index in [2.05, 4.69) is 167 Å². The zero-order valence-corrected chi connectivity index (χ0v) is 26.5. The summed E-state index contributed by atoms with van der Waals surface area (Å²) in [6.45, 7) is 0. The van der Waals surface area contributed by atoms with Crippen LogP contribution in [0.3, 0.4) is 0 Å². The molecule has 0 spiro atoms. The number of para-hydroxylation sites is 3. The lowest BCUT2D eigenvalue weighted by Crippen LogP contribution is -1.94. The average molecular weight is 625 g/mol. The van der Waals surface area contributed by atoms with E-state index in [9.17, 15) is 0 Å². The summed E-state index contributed by atoms with van der Waals surface area (Å²) in [4.78, 5) is 0. The minimum Gasteiger partial charge on any atom is -0.456 e. The van der Waals surface area contributed by atoms with Crippen molar-refractivity contribution in [2.75, 3.05) is 0 Å². The van der Waals surface area contributed by atoms with Gasteiger partial charge in [0.2, 0.25) is 0 Å². The maximum Gasteiger partial charge on any atom is 0.135 e. The summed E-state index contributed by atoms with van der Waals surface area (Å²) in [5.74, 6) is 0. The van der Waals surface area contributed by atoms with E-state index in [0.29, 0.717) is 0 Å². The molecule has 3 heteroatoms. The molecule has 0 aliphatic rings. The number of hydrogen-bond acceptors (Lipinski definition) is 1. The molecule has 0 saturated heterocycles. The second-order valence-corrected chi connectivity index (χ2v) is 13.0. The highest BCUT2D eigenvalue weighted by Crippen LogP contribution is 2.39. The van der Waals surface area contributed by atoms with E-state index >= 15 is 0 Å². The van der Waals surface area contributed by atoms with Gasteiger partial charge in [-0.15, -0.1) is 0 Å². The molecule has 11 aromatic rings. The lowest BCUT2D eigenvalue weighted by molar-refractivity contribution is 0.669. The normalized spacial score (nSPS) is 12.1. The third-order valence-corrected chi connectivity index (χ3v) is 10.3. The van der Waals surface area contributed by atoms with E-state index in [1.165, 1.54) is 71.2 Å². The van der Waals surface area contributed by atoms with Crippen molar-refractivity contribution in [1.82, 2.24) is 9.13 Å². The molecular weight excluding hydrogens is 597 g/mol. The Bertz CT molecular complexity index is 3120. The number of aromatic nitrogens is 2. The fraction of sp³-hybridized carbons (Fsp3) is 0. The van der Waals surface area contributed by atoms with Crippen LogP contribution in [0.25, 0.3) is 98.8 Å². The Kier molecular flexibility index (Phi) is 5.38. The van der Waals surface area contributed by atoms with Gasteiger partial charge in [0.15, 0.2) is 0 Å². The number of furan rings is 1. The van der Waals surface area contributed by atoms with Crippen LogP contribution in [0.1, 0.15) is 0 Å². The first-order chi connectivity index (χ1) is 24.3. The summed E-state index contributed by atoms with van der Waals surface area (Å²) in [6, 6.07) is 61.5. The van der Waals surface area contributed by atoms with Gasteiger partial charge < -0.3 is 13.6 Å². The summed E-state index contributed by atoms with van der Waals surface area (Å²) in [5.41, 5.74) is 11.3. The van der Waals surface area contributed by atoms with Crippen molar-refractivity contribution in [3.63, 3.8) is 0 Å². The summed E-state index contributed by atoms with van der Waals surface area (Å²) >= 11 is 0. The Hall–Kier alpha value is -6.58. The SMILES string of the molecule is c1ccc2cc(-n3c4ccccc4c4ccc(-c5ccc6c(c5)c5ccccc5n6-c5ccc6oc7ccccc7c6c5)cc43)ccc2c1. The minimum absolute atomic E-state index is 0.907. The molecule has 3 nitrogen and oxygen atoms in total. The molecule has 11 rings (SSSR count). The highest BCUT2D eigenvalue weighted by atomic mass is 16.3. The Labute approximate surface area is 281 Å². The van der Waals surface area contributed by atoms with Gasteiger partial charge in [-0.3, -0.25) is 0 Å².